The molecule has 36 heavy (non-hydrogen) atoms. The third kappa shape index (κ3) is 6.16. The SMILES string of the molecule is Cc1c(C(=O)N(C(=O)c2csc(N(CC(C)C)C3CC3)n2)[C@H](C=O)CC(C)(C)C)ncn1C(=O)NN. The van der Waals surface area contributed by atoms with Gasteiger partial charge in [0.25, 0.3) is 11.8 Å². The lowest BCUT2D eigenvalue weighted by Gasteiger charge is -2.30. The first-order valence-electron chi connectivity index (χ1n) is 12.0. The highest BCUT2D eigenvalue weighted by atomic mass is 32.1. The van der Waals surface area contributed by atoms with Gasteiger partial charge >= 0.3 is 6.03 Å². The molecule has 1 atom stereocenters. The Morgan fingerprint density at radius 2 is 1.94 bits per heavy atom. The van der Waals surface area contributed by atoms with Crippen molar-refractivity contribution in [2.75, 3.05) is 11.4 Å². The molecule has 2 heterocycles. The molecule has 2 aromatic rings. The molecule has 1 aliphatic carbocycles. The number of amides is 3. The van der Waals surface area contributed by atoms with Gasteiger partial charge in [-0.05, 0) is 37.5 Å². The number of imidazole rings is 1. The fourth-order valence-electron chi connectivity index (χ4n) is 4.01. The van der Waals surface area contributed by atoms with Crippen molar-refractivity contribution in [2.45, 2.75) is 72.9 Å². The molecule has 0 aliphatic heterocycles. The number of hydrazine groups is 1. The summed E-state index contributed by atoms with van der Waals surface area (Å²) in [5, 5.41) is 2.35. The normalized spacial score (nSPS) is 14.4. The van der Waals surface area contributed by atoms with Crippen molar-refractivity contribution in [3.63, 3.8) is 0 Å². The number of hydrogen-bond donors (Lipinski definition) is 2. The largest absolute Gasteiger partial charge is 0.345 e. The lowest BCUT2D eigenvalue weighted by Crippen LogP contribution is -2.47. The molecular formula is C24H35N7O4S. The third-order valence-electron chi connectivity index (χ3n) is 5.81. The molecule has 0 saturated heterocycles. The Morgan fingerprint density at radius 1 is 1.28 bits per heavy atom. The molecule has 12 heteroatoms. The van der Waals surface area contributed by atoms with Crippen LogP contribution in [0.15, 0.2) is 11.7 Å². The Hall–Kier alpha value is -3.12. The van der Waals surface area contributed by atoms with Crippen molar-refractivity contribution >= 4 is 40.6 Å². The summed E-state index contributed by atoms with van der Waals surface area (Å²) in [5.41, 5.74) is 1.79. The summed E-state index contributed by atoms with van der Waals surface area (Å²) in [7, 11) is 0. The van der Waals surface area contributed by atoms with Crippen LogP contribution in [-0.4, -0.2) is 62.2 Å². The van der Waals surface area contributed by atoms with Gasteiger partial charge in [0, 0.05) is 18.0 Å². The number of nitrogens with one attached hydrogen (secondary N) is 1. The van der Waals surface area contributed by atoms with E-state index in [0.29, 0.717) is 18.2 Å². The summed E-state index contributed by atoms with van der Waals surface area (Å²) in [4.78, 5) is 63.4. The van der Waals surface area contributed by atoms with Crippen molar-refractivity contribution in [1.82, 2.24) is 24.9 Å². The molecular weight excluding hydrogens is 482 g/mol. The van der Waals surface area contributed by atoms with E-state index < -0.39 is 23.9 Å². The van der Waals surface area contributed by atoms with E-state index in [2.05, 4.69) is 28.7 Å². The number of nitrogens with zero attached hydrogens (tertiary/aromatic N) is 5. The first-order valence-corrected chi connectivity index (χ1v) is 12.9. The Kier molecular flexibility index (Phi) is 8.29. The quantitative estimate of drug-likeness (QED) is 0.170. The van der Waals surface area contributed by atoms with Crippen LogP contribution in [-0.2, 0) is 4.79 Å². The second kappa shape index (κ2) is 10.9. The number of anilines is 1. The first kappa shape index (κ1) is 27.5. The van der Waals surface area contributed by atoms with Gasteiger partial charge in [0.15, 0.2) is 5.13 Å². The number of carbonyl (C=O) groups excluding carboxylic acids is 4. The summed E-state index contributed by atoms with van der Waals surface area (Å²) >= 11 is 1.35. The summed E-state index contributed by atoms with van der Waals surface area (Å²) in [5.74, 6) is 4.17. The van der Waals surface area contributed by atoms with Gasteiger partial charge in [-0.25, -0.2) is 20.6 Å². The van der Waals surface area contributed by atoms with E-state index in [1.54, 1.807) is 5.38 Å². The molecule has 1 saturated carbocycles. The zero-order valence-electron chi connectivity index (χ0n) is 21.6. The maximum Gasteiger partial charge on any atom is 0.341 e. The molecule has 2 aromatic heterocycles. The zero-order chi connectivity index (χ0) is 26.8. The minimum absolute atomic E-state index is 0.0929. The fourth-order valence-corrected chi connectivity index (χ4v) is 4.89. The van der Waals surface area contributed by atoms with Gasteiger partial charge in [0.2, 0.25) is 0 Å². The lowest BCUT2D eigenvalue weighted by molar-refractivity contribution is -0.112. The van der Waals surface area contributed by atoms with Crippen molar-refractivity contribution in [3.8, 4) is 0 Å². The number of imide groups is 1. The number of aromatic nitrogens is 3. The fraction of sp³-hybridized carbons (Fsp3) is 0.583. The van der Waals surface area contributed by atoms with E-state index in [0.717, 1.165) is 40.3 Å². The minimum atomic E-state index is -1.04. The number of carbonyl (C=O) groups is 4. The molecule has 0 aromatic carbocycles. The lowest BCUT2D eigenvalue weighted by atomic mass is 9.87. The average Bonchev–Trinajstić information content (AvgIpc) is 3.39. The van der Waals surface area contributed by atoms with Crippen LogP contribution in [0, 0.1) is 18.3 Å². The third-order valence-corrected chi connectivity index (χ3v) is 6.68. The van der Waals surface area contributed by atoms with Crippen LogP contribution in [0.2, 0.25) is 0 Å². The van der Waals surface area contributed by atoms with Crippen LogP contribution < -0.4 is 16.2 Å². The van der Waals surface area contributed by atoms with Gasteiger partial charge in [0.05, 0.1) is 11.7 Å². The molecule has 0 unspecified atom stereocenters. The maximum atomic E-state index is 13.7. The summed E-state index contributed by atoms with van der Waals surface area (Å²) in [6.07, 6.45) is 4.15. The number of nitrogens with two attached hydrogens (primary N) is 1. The Labute approximate surface area is 215 Å². The number of aldehydes is 1. The van der Waals surface area contributed by atoms with E-state index in [9.17, 15) is 19.2 Å². The summed E-state index contributed by atoms with van der Waals surface area (Å²) < 4.78 is 1.07. The number of nitrogen functional groups attached to an aromatic ring is 1. The molecule has 196 valence electrons. The standard InChI is InChI=1S/C24H35N7O4S/c1-14(2)10-29(16-7-8-16)23-27-18(12-36-23)20(33)31(17(11-32)9-24(4,5)6)21(34)19-15(3)30(13-26-19)22(35)28-25/h11-14,16-17H,7-10,25H2,1-6H3,(H,28,35)/t17-/m0/s1. The van der Waals surface area contributed by atoms with Crippen LogP contribution >= 0.6 is 11.3 Å². The van der Waals surface area contributed by atoms with Gasteiger partial charge in [-0.2, -0.15) is 0 Å². The average molecular weight is 518 g/mol. The van der Waals surface area contributed by atoms with E-state index in [1.807, 2.05) is 26.2 Å². The van der Waals surface area contributed by atoms with Crippen LogP contribution in [0.3, 0.4) is 0 Å². The predicted molar refractivity (Wildman–Crippen MR) is 137 cm³/mol. The highest BCUT2D eigenvalue weighted by molar-refractivity contribution is 7.14. The van der Waals surface area contributed by atoms with E-state index in [4.69, 9.17) is 5.84 Å². The van der Waals surface area contributed by atoms with Crippen molar-refractivity contribution in [3.05, 3.63) is 28.8 Å². The molecule has 3 rings (SSSR count). The number of thiazole rings is 1. The van der Waals surface area contributed by atoms with Gasteiger partial charge in [0.1, 0.15) is 24.0 Å². The first-order chi connectivity index (χ1) is 16.9. The highest BCUT2D eigenvalue weighted by Crippen LogP contribution is 2.35. The highest BCUT2D eigenvalue weighted by Gasteiger charge is 2.38. The summed E-state index contributed by atoms with van der Waals surface area (Å²) in [6.45, 7) is 12.3. The summed E-state index contributed by atoms with van der Waals surface area (Å²) in [6, 6.07) is -1.32. The Balaban J connectivity index is 2.00. The van der Waals surface area contributed by atoms with Crippen LogP contribution in [0.1, 0.15) is 80.6 Å². The predicted octanol–water partition coefficient (Wildman–Crippen LogP) is 2.99. The second-order valence-corrected chi connectivity index (χ2v) is 11.6. The van der Waals surface area contributed by atoms with Gasteiger partial charge < -0.3 is 9.69 Å². The van der Waals surface area contributed by atoms with Crippen molar-refractivity contribution in [2.24, 2.45) is 17.2 Å². The maximum absolute atomic E-state index is 13.7. The van der Waals surface area contributed by atoms with Gasteiger partial charge in [-0.3, -0.25) is 24.5 Å². The molecule has 1 aliphatic rings. The van der Waals surface area contributed by atoms with Crippen LogP contribution in [0.4, 0.5) is 9.93 Å². The minimum Gasteiger partial charge on any atom is -0.345 e. The molecule has 0 radical (unpaired) electrons. The van der Waals surface area contributed by atoms with Gasteiger partial charge in [-0.1, -0.05) is 34.6 Å². The van der Waals surface area contributed by atoms with E-state index in [-0.39, 0.29) is 28.9 Å². The Morgan fingerprint density at radius 3 is 2.47 bits per heavy atom. The molecule has 3 amide bonds. The monoisotopic (exact) mass is 517 g/mol. The van der Waals surface area contributed by atoms with Crippen LogP contribution in [0.25, 0.3) is 0 Å². The molecule has 11 nitrogen and oxygen atoms in total. The van der Waals surface area contributed by atoms with Crippen molar-refractivity contribution < 1.29 is 19.2 Å². The number of hydrogen-bond acceptors (Lipinski definition) is 9. The molecule has 0 bridgehead atoms. The van der Waals surface area contributed by atoms with Crippen molar-refractivity contribution in [1.29, 1.82) is 0 Å². The number of rotatable bonds is 9. The molecule has 0 spiro atoms. The van der Waals surface area contributed by atoms with E-state index in [1.165, 1.54) is 18.3 Å². The van der Waals surface area contributed by atoms with Gasteiger partial charge in [-0.15, -0.1) is 11.3 Å². The Bertz CT molecular complexity index is 1130. The smallest absolute Gasteiger partial charge is 0.341 e. The molecule has 1 fully saturated rings. The van der Waals surface area contributed by atoms with Crippen LogP contribution in [0.5, 0.6) is 0 Å². The zero-order valence-corrected chi connectivity index (χ0v) is 22.5. The topological polar surface area (TPSA) is 144 Å². The molecule has 3 N–H and O–H groups in total. The van der Waals surface area contributed by atoms with E-state index >= 15 is 0 Å². The second-order valence-electron chi connectivity index (χ2n) is 10.7.